The molecule has 12 nitrogen and oxygen atoms in total. The van der Waals surface area contributed by atoms with Crippen molar-refractivity contribution in [3.05, 3.63) is 106 Å². The molecule has 3 atom stereocenters. The Kier molecular flexibility index (Phi) is 9.57. The number of fused-ring (bicyclic) bond motifs is 3. The standard InChI is InChI=1S/C20H18O8.C14H17N3O/c1-11-3-7-13(8-4-11)15(21)19(27,17(23)24)20(28,18(25)26)16(22)14-9-5-12(2)6-10-14;1-16-9-3-5-13-11(7-9)10-6-8(14(15)18)2-4-12(10)17-13/h3-10,27-28H,1-2H3,(H,23,24)(H,25,26);2,4,6,9,16-17H,3,5,7H2,1H3,(H2,15,18)/t;9-/m.1/s1. The fourth-order valence-corrected chi connectivity index (χ4v) is 5.48. The highest BCUT2D eigenvalue weighted by molar-refractivity contribution is 6.28. The number of aromatic amines is 1. The van der Waals surface area contributed by atoms with Crippen LogP contribution < -0.4 is 11.1 Å². The minimum atomic E-state index is -3.96. The molecule has 240 valence electrons. The van der Waals surface area contributed by atoms with Crippen LogP contribution in [0.15, 0.2) is 66.7 Å². The number of H-pyrrole nitrogens is 1. The summed E-state index contributed by atoms with van der Waals surface area (Å²) in [6.07, 6.45) is 3.22. The smallest absolute Gasteiger partial charge is 0.348 e. The van der Waals surface area contributed by atoms with Gasteiger partial charge in [-0.05, 0) is 63.9 Å². The average Bonchev–Trinajstić information content (AvgIpc) is 3.41. The molecule has 1 aliphatic carbocycles. The number of aromatic nitrogens is 1. The molecule has 4 aromatic rings. The van der Waals surface area contributed by atoms with Crippen LogP contribution in [0, 0.1) is 13.8 Å². The average molecular weight is 630 g/mol. The summed E-state index contributed by atoms with van der Waals surface area (Å²) in [5, 5.41) is 44.8. The normalized spacial score (nSPS) is 16.6. The van der Waals surface area contributed by atoms with Crippen molar-refractivity contribution in [1.29, 1.82) is 0 Å². The van der Waals surface area contributed by atoms with Crippen molar-refractivity contribution < 1.29 is 44.4 Å². The van der Waals surface area contributed by atoms with E-state index in [2.05, 4.69) is 10.3 Å². The highest BCUT2D eigenvalue weighted by Gasteiger charge is 2.69. The van der Waals surface area contributed by atoms with Crippen molar-refractivity contribution >= 4 is 40.3 Å². The van der Waals surface area contributed by atoms with Gasteiger partial charge in [-0.1, -0.05) is 59.7 Å². The number of carboxylic acid groups (broad SMARTS) is 2. The molecular weight excluding hydrogens is 594 g/mol. The van der Waals surface area contributed by atoms with Crippen molar-refractivity contribution in [3.8, 4) is 0 Å². The summed E-state index contributed by atoms with van der Waals surface area (Å²) in [5.41, 5.74) is 2.38. The van der Waals surface area contributed by atoms with Crippen LogP contribution in [0.4, 0.5) is 0 Å². The second kappa shape index (κ2) is 13.1. The lowest BCUT2D eigenvalue weighted by Gasteiger charge is -2.34. The van der Waals surface area contributed by atoms with Crippen LogP contribution in [-0.2, 0) is 22.4 Å². The molecule has 0 spiro atoms. The van der Waals surface area contributed by atoms with Gasteiger partial charge in [0.05, 0.1) is 0 Å². The first-order valence-corrected chi connectivity index (χ1v) is 14.4. The lowest BCUT2D eigenvalue weighted by Crippen LogP contribution is -2.71. The zero-order valence-electron chi connectivity index (χ0n) is 25.5. The maximum Gasteiger partial charge on any atom is 0.348 e. The number of nitrogens with one attached hydrogen (secondary N) is 2. The fraction of sp³-hybridized carbons (Fsp3) is 0.265. The Bertz CT molecular complexity index is 1750. The number of carbonyl (C=O) groups is 5. The quantitative estimate of drug-likeness (QED) is 0.106. The Hall–Kier alpha value is -5.17. The Labute approximate surface area is 263 Å². The number of hydrogen-bond acceptors (Lipinski definition) is 8. The van der Waals surface area contributed by atoms with E-state index in [1.807, 2.05) is 19.2 Å². The number of amides is 1. The number of aliphatic carboxylic acids is 2. The van der Waals surface area contributed by atoms with Gasteiger partial charge in [0.25, 0.3) is 11.2 Å². The topological polar surface area (TPSA) is 220 Å². The Morgan fingerprint density at radius 2 is 1.24 bits per heavy atom. The van der Waals surface area contributed by atoms with Crippen molar-refractivity contribution in [2.75, 3.05) is 7.05 Å². The van der Waals surface area contributed by atoms with Crippen LogP contribution in [0.2, 0.25) is 0 Å². The van der Waals surface area contributed by atoms with E-state index < -0.39 is 34.7 Å². The van der Waals surface area contributed by atoms with E-state index in [-0.39, 0.29) is 17.0 Å². The zero-order chi connectivity index (χ0) is 34.0. The molecular formula is C34H35N3O9. The van der Waals surface area contributed by atoms with Gasteiger partial charge >= 0.3 is 11.9 Å². The highest BCUT2D eigenvalue weighted by Crippen LogP contribution is 2.32. The Morgan fingerprint density at radius 3 is 1.65 bits per heavy atom. The molecule has 0 radical (unpaired) electrons. The predicted molar refractivity (Wildman–Crippen MR) is 168 cm³/mol. The molecule has 1 aliphatic rings. The number of primary amides is 1. The minimum Gasteiger partial charge on any atom is -0.479 e. The lowest BCUT2D eigenvalue weighted by molar-refractivity contribution is -0.187. The molecule has 12 heteroatoms. The molecule has 2 unspecified atom stereocenters. The second-order valence-corrected chi connectivity index (χ2v) is 11.4. The first-order chi connectivity index (χ1) is 21.6. The maximum atomic E-state index is 12.8. The molecule has 3 aromatic carbocycles. The van der Waals surface area contributed by atoms with Crippen molar-refractivity contribution in [3.63, 3.8) is 0 Å². The number of Topliss-reactive ketones (excluding diaryl/α,β-unsaturated/α-hetero) is 2. The number of aliphatic hydroxyl groups is 2. The molecule has 0 saturated carbocycles. The van der Waals surface area contributed by atoms with Gasteiger partial charge in [0.1, 0.15) is 0 Å². The second-order valence-electron chi connectivity index (χ2n) is 11.4. The zero-order valence-corrected chi connectivity index (χ0v) is 25.5. The number of aryl methyl sites for hydroxylation is 3. The van der Waals surface area contributed by atoms with Crippen molar-refractivity contribution in [1.82, 2.24) is 10.3 Å². The summed E-state index contributed by atoms with van der Waals surface area (Å²) in [5.74, 6) is -8.38. The molecule has 1 amide bonds. The summed E-state index contributed by atoms with van der Waals surface area (Å²) >= 11 is 0. The first-order valence-electron chi connectivity index (χ1n) is 14.4. The van der Waals surface area contributed by atoms with Crippen molar-refractivity contribution in [2.24, 2.45) is 5.73 Å². The molecule has 5 rings (SSSR count). The fourth-order valence-electron chi connectivity index (χ4n) is 5.48. The molecule has 0 saturated heterocycles. The number of carbonyl (C=O) groups excluding carboxylic acids is 3. The Balaban J connectivity index is 0.000000228. The minimum absolute atomic E-state index is 0.368. The summed E-state index contributed by atoms with van der Waals surface area (Å²) < 4.78 is 0. The van der Waals surface area contributed by atoms with Gasteiger partial charge in [0, 0.05) is 39.3 Å². The van der Waals surface area contributed by atoms with Crippen LogP contribution in [0.3, 0.4) is 0 Å². The first kappa shape index (κ1) is 33.7. The third kappa shape index (κ3) is 6.05. The van der Waals surface area contributed by atoms with E-state index in [0.717, 1.165) is 54.4 Å². The van der Waals surface area contributed by atoms with Gasteiger partial charge < -0.3 is 36.5 Å². The number of rotatable bonds is 9. The van der Waals surface area contributed by atoms with E-state index in [1.165, 1.54) is 35.5 Å². The molecule has 0 bridgehead atoms. The molecule has 0 fully saturated rings. The van der Waals surface area contributed by atoms with E-state index >= 15 is 0 Å². The number of carboxylic acids is 2. The van der Waals surface area contributed by atoms with E-state index in [9.17, 15) is 44.4 Å². The van der Waals surface area contributed by atoms with Crippen LogP contribution >= 0.6 is 0 Å². The maximum absolute atomic E-state index is 12.8. The third-order valence-corrected chi connectivity index (χ3v) is 8.31. The van der Waals surface area contributed by atoms with Gasteiger partial charge in [-0.2, -0.15) is 0 Å². The van der Waals surface area contributed by atoms with Crippen LogP contribution in [-0.4, -0.2) is 79.1 Å². The van der Waals surface area contributed by atoms with Crippen LogP contribution in [0.5, 0.6) is 0 Å². The number of benzene rings is 3. The highest BCUT2D eigenvalue weighted by atomic mass is 16.5. The van der Waals surface area contributed by atoms with E-state index in [0.29, 0.717) is 22.7 Å². The van der Waals surface area contributed by atoms with Gasteiger partial charge in [-0.3, -0.25) is 14.4 Å². The summed E-state index contributed by atoms with van der Waals surface area (Å²) in [6, 6.07) is 16.5. The molecule has 0 aliphatic heterocycles. The Morgan fingerprint density at radius 1 is 0.783 bits per heavy atom. The van der Waals surface area contributed by atoms with Gasteiger partial charge in [-0.25, -0.2) is 9.59 Å². The SMILES string of the molecule is CN[C@@H]1CCc2[nH]c3ccc(C(N)=O)cc3c2C1.Cc1ccc(C(=O)C(O)(C(=O)O)C(O)(C(=O)O)C(=O)c2ccc(C)cc2)cc1. The van der Waals surface area contributed by atoms with Gasteiger partial charge in [0.15, 0.2) is 0 Å². The molecule has 1 aromatic heterocycles. The summed E-state index contributed by atoms with van der Waals surface area (Å²) in [7, 11) is 2.00. The summed E-state index contributed by atoms with van der Waals surface area (Å²) in [6.45, 7) is 3.37. The number of nitrogens with two attached hydrogens (primary N) is 1. The molecule has 1 heterocycles. The van der Waals surface area contributed by atoms with Crippen LogP contribution in [0.25, 0.3) is 10.9 Å². The van der Waals surface area contributed by atoms with E-state index in [4.69, 9.17) is 5.73 Å². The number of ketones is 2. The molecule has 8 N–H and O–H groups in total. The number of hydrogen-bond donors (Lipinski definition) is 7. The van der Waals surface area contributed by atoms with Gasteiger partial charge in [-0.15, -0.1) is 0 Å². The van der Waals surface area contributed by atoms with Crippen LogP contribution in [0.1, 0.15) is 59.9 Å². The van der Waals surface area contributed by atoms with Crippen molar-refractivity contribution in [2.45, 2.75) is 50.4 Å². The monoisotopic (exact) mass is 629 g/mol. The predicted octanol–water partition coefficient (Wildman–Crippen LogP) is 2.34. The lowest BCUT2D eigenvalue weighted by atomic mass is 9.73. The van der Waals surface area contributed by atoms with Gasteiger partial charge in [0.2, 0.25) is 17.5 Å². The van der Waals surface area contributed by atoms with E-state index in [1.54, 1.807) is 19.9 Å². The molecule has 46 heavy (non-hydrogen) atoms. The number of likely N-dealkylation sites (N-methyl/N-ethyl adjacent to an activating group) is 1. The third-order valence-electron chi connectivity index (χ3n) is 8.31. The largest absolute Gasteiger partial charge is 0.479 e. The summed E-state index contributed by atoms with van der Waals surface area (Å²) in [4.78, 5) is 63.8.